The van der Waals surface area contributed by atoms with Crippen molar-refractivity contribution >= 4 is 29.5 Å². The number of ether oxygens (including phenoxy) is 1. The van der Waals surface area contributed by atoms with Crippen LogP contribution in [0.1, 0.15) is 25.1 Å². The Labute approximate surface area is 161 Å². The molecule has 1 aromatic heterocycles. The van der Waals surface area contributed by atoms with E-state index in [0.29, 0.717) is 23.6 Å². The van der Waals surface area contributed by atoms with E-state index < -0.39 is 0 Å². The van der Waals surface area contributed by atoms with Crippen LogP contribution in [0.15, 0.2) is 45.2 Å². The second-order valence-corrected chi connectivity index (χ2v) is 8.48. The fourth-order valence-electron chi connectivity index (χ4n) is 2.85. The standard InChI is InChI=1S/C19H22N2O3S2/c1-3-24-16(22)12-25-19-20-15-11-13(2)26-17(15)18(23)21(19)10-9-14-7-5-4-6-8-14/h4-8,13H,3,9-12H2,1-2H3. The van der Waals surface area contributed by atoms with Gasteiger partial charge in [0, 0.05) is 18.2 Å². The fraction of sp³-hybridized carbons (Fsp3) is 0.421. The zero-order valence-electron chi connectivity index (χ0n) is 14.9. The molecule has 0 radical (unpaired) electrons. The molecule has 1 unspecified atom stereocenters. The summed E-state index contributed by atoms with van der Waals surface area (Å²) in [6.45, 7) is 4.78. The number of aromatic nitrogens is 2. The summed E-state index contributed by atoms with van der Waals surface area (Å²) in [4.78, 5) is 30.2. The van der Waals surface area contributed by atoms with Crippen LogP contribution in [0.5, 0.6) is 0 Å². The molecular formula is C19H22N2O3S2. The molecule has 7 heteroatoms. The molecule has 3 rings (SSSR count). The average Bonchev–Trinajstić information content (AvgIpc) is 3.01. The summed E-state index contributed by atoms with van der Waals surface area (Å²) in [5.74, 6) is -0.128. The minimum absolute atomic E-state index is 0.00615. The van der Waals surface area contributed by atoms with Crippen LogP contribution in [0.2, 0.25) is 0 Å². The number of carbonyl (C=O) groups is 1. The van der Waals surface area contributed by atoms with Crippen molar-refractivity contribution in [3.05, 3.63) is 51.9 Å². The quantitative estimate of drug-likeness (QED) is 0.411. The maximum absolute atomic E-state index is 13.0. The molecule has 5 nitrogen and oxygen atoms in total. The Hall–Kier alpha value is -1.73. The average molecular weight is 391 g/mol. The number of nitrogens with zero attached hydrogens (tertiary/aromatic N) is 2. The van der Waals surface area contributed by atoms with Crippen LogP contribution in [0, 0.1) is 0 Å². The molecule has 0 saturated carbocycles. The van der Waals surface area contributed by atoms with Crippen molar-refractivity contribution in [3.63, 3.8) is 0 Å². The van der Waals surface area contributed by atoms with Gasteiger partial charge in [0.1, 0.15) is 0 Å². The highest BCUT2D eigenvalue weighted by molar-refractivity contribution is 8.00. The predicted molar refractivity (Wildman–Crippen MR) is 105 cm³/mol. The molecule has 2 aromatic rings. The van der Waals surface area contributed by atoms with Gasteiger partial charge in [0.2, 0.25) is 0 Å². The first-order valence-corrected chi connectivity index (χ1v) is 10.6. The maximum atomic E-state index is 13.0. The zero-order chi connectivity index (χ0) is 18.5. The van der Waals surface area contributed by atoms with Crippen molar-refractivity contribution in [1.82, 2.24) is 9.55 Å². The van der Waals surface area contributed by atoms with Crippen molar-refractivity contribution in [1.29, 1.82) is 0 Å². The summed E-state index contributed by atoms with van der Waals surface area (Å²) in [6.07, 6.45) is 1.54. The summed E-state index contributed by atoms with van der Waals surface area (Å²) in [5.41, 5.74) is 2.03. The van der Waals surface area contributed by atoms with E-state index in [1.54, 1.807) is 23.3 Å². The van der Waals surface area contributed by atoms with Crippen molar-refractivity contribution < 1.29 is 9.53 Å². The molecule has 0 aliphatic carbocycles. The van der Waals surface area contributed by atoms with Gasteiger partial charge >= 0.3 is 5.97 Å². The smallest absolute Gasteiger partial charge is 0.316 e. The van der Waals surface area contributed by atoms with Gasteiger partial charge in [-0.25, -0.2) is 4.98 Å². The fourth-order valence-corrected chi connectivity index (χ4v) is 4.81. The Balaban J connectivity index is 1.85. The summed E-state index contributed by atoms with van der Waals surface area (Å²) in [5, 5.41) is 0.963. The van der Waals surface area contributed by atoms with E-state index >= 15 is 0 Å². The lowest BCUT2D eigenvalue weighted by Gasteiger charge is -2.13. The van der Waals surface area contributed by atoms with Gasteiger partial charge in [-0.15, -0.1) is 11.8 Å². The highest BCUT2D eigenvalue weighted by Gasteiger charge is 2.26. The van der Waals surface area contributed by atoms with E-state index in [1.165, 1.54) is 17.3 Å². The van der Waals surface area contributed by atoms with Gasteiger partial charge in [-0.1, -0.05) is 49.0 Å². The first-order valence-electron chi connectivity index (χ1n) is 8.71. The topological polar surface area (TPSA) is 61.2 Å². The molecule has 1 aromatic carbocycles. The van der Waals surface area contributed by atoms with Crippen LogP contribution >= 0.6 is 23.5 Å². The second-order valence-electron chi connectivity index (χ2n) is 6.09. The van der Waals surface area contributed by atoms with Gasteiger partial charge in [0.25, 0.3) is 5.56 Å². The van der Waals surface area contributed by atoms with Gasteiger partial charge in [-0.3, -0.25) is 14.2 Å². The highest BCUT2D eigenvalue weighted by atomic mass is 32.2. The monoisotopic (exact) mass is 390 g/mol. The van der Waals surface area contributed by atoms with Crippen LogP contribution < -0.4 is 5.56 Å². The van der Waals surface area contributed by atoms with E-state index in [2.05, 4.69) is 6.92 Å². The number of benzene rings is 1. The van der Waals surface area contributed by atoms with E-state index in [1.807, 2.05) is 30.3 Å². The molecule has 26 heavy (non-hydrogen) atoms. The minimum atomic E-state index is -0.287. The SMILES string of the molecule is CCOC(=O)CSc1nc2c(c(=O)n1CCc1ccccc1)SC(C)C2. The number of hydrogen-bond acceptors (Lipinski definition) is 6. The van der Waals surface area contributed by atoms with E-state index in [-0.39, 0.29) is 17.3 Å². The molecule has 1 aliphatic heterocycles. The number of rotatable bonds is 7. The van der Waals surface area contributed by atoms with Crippen molar-refractivity contribution in [3.8, 4) is 0 Å². The largest absolute Gasteiger partial charge is 0.465 e. The Morgan fingerprint density at radius 1 is 1.38 bits per heavy atom. The summed E-state index contributed by atoms with van der Waals surface area (Å²) < 4.78 is 6.70. The molecule has 0 bridgehead atoms. The van der Waals surface area contributed by atoms with Gasteiger partial charge < -0.3 is 4.74 Å². The second kappa shape index (κ2) is 8.77. The molecule has 0 spiro atoms. The number of hydrogen-bond donors (Lipinski definition) is 0. The highest BCUT2D eigenvalue weighted by Crippen LogP contribution is 2.34. The van der Waals surface area contributed by atoms with E-state index in [9.17, 15) is 9.59 Å². The third-order valence-corrected chi connectivity index (χ3v) is 6.22. The number of esters is 1. The molecule has 1 atom stereocenters. The first-order chi connectivity index (χ1) is 12.6. The van der Waals surface area contributed by atoms with Crippen LogP contribution in [0.3, 0.4) is 0 Å². The van der Waals surface area contributed by atoms with Crippen LogP contribution in [0.25, 0.3) is 0 Å². The minimum Gasteiger partial charge on any atom is -0.465 e. The third-order valence-electron chi connectivity index (χ3n) is 4.05. The van der Waals surface area contributed by atoms with Gasteiger partial charge in [-0.05, 0) is 18.9 Å². The van der Waals surface area contributed by atoms with Crippen LogP contribution in [0.4, 0.5) is 0 Å². The lowest BCUT2D eigenvalue weighted by Crippen LogP contribution is -2.26. The first kappa shape index (κ1) is 19.0. The lowest BCUT2D eigenvalue weighted by molar-refractivity contribution is -0.139. The molecule has 0 amide bonds. The Kier molecular flexibility index (Phi) is 6.43. The molecule has 1 aliphatic rings. The number of aryl methyl sites for hydroxylation is 1. The predicted octanol–water partition coefficient (Wildman–Crippen LogP) is 3.18. The Morgan fingerprint density at radius 2 is 2.15 bits per heavy atom. The molecular weight excluding hydrogens is 368 g/mol. The lowest BCUT2D eigenvalue weighted by atomic mass is 10.1. The zero-order valence-corrected chi connectivity index (χ0v) is 16.6. The van der Waals surface area contributed by atoms with Crippen molar-refractivity contribution in [2.45, 2.75) is 48.5 Å². The molecule has 0 N–H and O–H groups in total. The molecule has 2 heterocycles. The molecule has 0 saturated heterocycles. The summed E-state index contributed by atoms with van der Waals surface area (Å²) in [7, 11) is 0. The molecule has 138 valence electrons. The summed E-state index contributed by atoms with van der Waals surface area (Å²) >= 11 is 2.88. The van der Waals surface area contributed by atoms with Gasteiger partial charge in [0.15, 0.2) is 5.16 Å². The van der Waals surface area contributed by atoms with E-state index in [4.69, 9.17) is 9.72 Å². The number of carbonyl (C=O) groups excluding carboxylic acids is 1. The van der Waals surface area contributed by atoms with Crippen molar-refractivity contribution in [2.24, 2.45) is 0 Å². The van der Waals surface area contributed by atoms with Crippen LogP contribution in [-0.2, 0) is 28.9 Å². The van der Waals surface area contributed by atoms with Crippen LogP contribution in [-0.4, -0.2) is 33.1 Å². The van der Waals surface area contributed by atoms with Gasteiger partial charge in [-0.2, -0.15) is 0 Å². The molecule has 0 fully saturated rings. The number of fused-ring (bicyclic) bond motifs is 1. The third kappa shape index (κ3) is 4.51. The van der Waals surface area contributed by atoms with E-state index in [0.717, 1.165) is 23.4 Å². The normalized spacial score (nSPS) is 15.7. The Bertz CT molecular complexity index is 837. The van der Waals surface area contributed by atoms with Gasteiger partial charge in [0.05, 0.1) is 22.9 Å². The van der Waals surface area contributed by atoms with Crippen molar-refractivity contribution in [2.75, 3.05) is 12.4 Å². The number of thioether (sulfide) groups is 2. The maximum Gasteiger partial charge on any atom is 0.316 e. The summed E-state index contributed by atoms with van der Waals surface area (Å²) in [6, 6.07) is 10.1. The Morgan fingerprint density at radius 3 is 2.88 bits per heavy atom.